The monoisotopic (exact) mass is 330 g/mol. The Balaban J connectivity index is 0.000000231. The van der Waals surface area contributed by atoms with Gasteiger partial charge in [0.25, 0.3) is 0 Å². The Morgan fingerprint density at radius 1 is 1.04 bits per heavy atom. The molecule has 2 rings (SSSR count). The summed E-state index contributed by atoms with van der Waals surface area (Å²) in [4.78, 5) is 20.8. The molecule has 0 aliphatic carbocycles. The van der Waals surface area contributed by atoms with Gasteiger partial charge in [-0.05, 0) is 18.2 Å². The van der Waals surface area contributed by atoms with Gasteiger partial charge in [-0.2, -0.15) is 0 Å². The first-order chi connectivity index (χ1) is 10.8. The zero-order valence-corrected chi connectivity index (χ0v) is 11.9. The summed E-state index contributed by atoms with van der Waals surface area (Å²) in [6.45, 7) is -0.408. The van der Waals surface area contributed by atoms with Crippen molar-refractivity contribution >= 4 is 11.9 Å². The number of carbonyl (C=O) groups is 2. The van der Waals surface area contributed by atoms with E-state index in [1.165, 1.54) is 18.2 Å². The van der Waals surface area contributed by atoms with Gasteiger partial charge in [0.15, 0.2) is 0 Å². The Labute approximate surface area is 131 Å². The molecule has 9 nitrogen and oxygen atoms in total. The average Bonchev–Trinajstić information content (AvgIpc) is 2.53. The number of rotatable bonds is 3. The van der Waals surface area contributed by atoms with E-state index in [1.807, 2.05) is 0 Å². The summed E-state index contributed by atoms with van der Waals surface area (Å²) in [5.74, 6) is -2.25. The van der Waals surface area contributed by atoms with Gasteiger partial charge in [0.05, 0.1) is 24.3 Å². The number of hydrogen-bond donors (Lipinski definition) is 6. The fourth-order valence-electron chi connectivity index (χ4n) is 1.81. The van der Waals surface area contributed by atoms with Crippen molar-refractivity contribution in [2.45, 2.75) is 24.4 Å². The molecule has 1 aliphatic rings. The number of aromatic carboxylic acids is 2. The Hall–Kier alpha value is -2.04. The molecule has 4 atom stereocenters. The van der Waals surface area contributed by atoms with Crippen LogP contribution in [-0.2, 0) is 4.74 Å². The molecule has 1 saturated heterocycles. The number of carboxylic acids is 2. The molecule has 23 heavy (non-hydrogen) atoms. The lowest BCUT2D eigenvalue weighted by Gasteiger charge is -2.34. The fourth-order valence-corrected chi connectivity index (χ4v) is 1.81. The zero-order chi connectivity index (χ0) is 17.6. The summed E-state index contributed by atoms with van der Waals surface area (Å²) >= 11 is 0. The van der Waals surface area contributed by atoms with Crippen LogP contribution < -0.4 is 0 Å². The molecule has 0 spiro atoms. The summed E-state index contributed by atoms with van der Waals surface area (Å²) < 4.78 is 4.81. The topological polar surface area (TPSA) is 165 Å². The molecule has 9 heteroatoms. The van der Waals surface area contributed by atoms with Crippen molar-refractivity contribution in [3.63, 3.8) is 0 Å². The van der Waals surface area contributed by atoms with Crippen molar-refractivity contribution in [3.8, 4) is 0 Å². The van der Waals surface area contributed by atoms with Crippen LogP contribution in [0.15, 0.2) is 24.3 Å². The molecule has 0 saturated carbocycles. The largest absolute Gasteiger partial charge is 0.478 e. The third-order valence-electron chi connectivity index (χ3n) is 3.14. The van der Waals surface area contributed by atoms with E-state index >= 15 is 0 Å². The van der Waals surface area contributed by atoms with E-state index < -0.39 is 36.4 Å². The van der Waals surface area contributed by atoms with Gasteiger partial charge in [0, 0.05) is 0 Å². The smallest absolute Gasteiger partial charge is 0.335 e. The van der Waals surface area contributed by atoms with Gasteiger partial charge in [0.1, 0.15) is 24.4 Å². The molecule has 6 N–H and O–H groups in total. The molecule has 1 aromatic carbocycles. The SMILES string of the molecule is O=C(O)c1cccc(C(=O)O)c1.OC[C@H]1OC[C@H](O)[C@@H](O)[C@@H]1O. The first-order valence-electron chi connectivity index (χ1n) is 6.61. The van der Waals surface area contributed by atoms with Gasteiger partial charge in [-0.1, -0.05) is 6.07 Å². The summed E-state index contributed by atoms with van der Waals surface area (Å²) in [6.07, 6.45) is -4.27. The highest BCUT2D eigenvalue weighted by atomic mass is 16.5. The van der Waals surface area contributed by atoms with E-state index in [9.17, 15) is 9.59 Å². The molecule has 1 fully saturated rings. The van der Waals surface area contributed by atoms with Crippen LogP contribution in [0.5, 0.6) is 0 Å². The van der Waals surface area contributed by atoms with E-state index in [1.54, 1.807) is 0 Å². The minimum atomic E-state index is -1.22. The number of carboxylic acid groups (broad SMARTS) is 2. The highest BCUT2D eigenvalue weighted by molar-refractivity contribution is 5.93. The standard InChI is InChI=1S/C8H6O4.C6H12O5/c9-7(10)5-2-1-3-6(4-5)8(11)12;7-1-4-6(10)5(9)3(8)2-11-4/h1-4H,(H,9,10)(H,11,12);3-10H,1-2H2/t;3-,4+,5+,6+/m.0/s1. The summed E-state index contributed by atoms with van der Waals surface area (Å²) in [5, 5.41) is 52.7. The van der Waals surface area contributed by atoms with Crippen LogP contribution in [0.2, 0.25) is 0 Å². The Morgan fingerprint density at radius 3 is 2.00 bits per heavy atom. The predicted molar refractivity (Wildman–Crippen MR) is 75.2 cm³/mol. The van der Waals surface area contributed by atoms with Crippen molar-refractivity contribution < 1.29 is 45.0 Å². The minimum Gasteiger partial charge on any atom is -0.478 e. The highest BCUT2D eigenvalue weighted by Gasteiger charge is 2.36. The van der Waals surface area contributed by atoms with E-state index in [0.717, 1.165) is 6.07 Å². The van der Waals surface area contributed by atoms with Gasteiger partial charge in [-0.15, -0.1) is 0 Å². The van der Waals surface area contributed by atoms with Crippen LogP contribution in [0.25, 0.3) is 0 Å². The first kappa shape index (κ1) is 19.0. The van der Waals surface area contributed by atoms with E-state index in [4.69, 9.17) is 35.4 Å². The van der Waals surface area contributed by atoms with Gasteiger partial charge in [0.2, 0.25) is 0 Å². The molecule has 0 radical (unpaired) electrons. The second-order valence-corrected chi connectivity index (χ2v) is 4.79. The first-order valence-corrected chi connectivity index (χ1v) is 6.61. The third-order valence-corrected chi connectivity index (χ3v) is 3.14. The number of benzene rings is 1. The predicted octanol–water partition coefficient (Wildman–Crippen LogP) is -1.46. The lowest BCUT2D eigenvalue weighted by atomic mass is 10.0. The lowest BCUT2D eigenvalue weighted by molar-refractivity contribution is -0.195. The molecular formula is C14H18O9. The van der Waals surface area contributed by atoms with Crippen molar-refractivity contribution in [1.82, 2.24) is 0 Å². The van der Waals surface area contributed by atoms with Crippen LogP contribution in [-0.4, -0.2) is 80.2 Å². The van der Waals surface area contributed by atoms with Crippen LogP contribution in [0, 0.1) is 0 Å². The zero-order valence-electron chi connectivity index (χ0n) is 11.9. The second kappa shape index (κ2) is 8.56. The summed E-state index contributed by atoms with van der Waals surface area (Å²) in [6, 6.07) is 5.20. The summed E-state index contributed by atoms with van der Waals surface area (Å²) in [7, 11) is 0. The molecule has 1 heterocycles. The summed E-state index contributed by atoms with van der Waals surface area (Å²) in [5.41, 5.74) is -0.0372. The minimum absolute atomic E-state index is 0.0186. The van der Waals surface area contributed by atoms with Gasteiger partial charge >= 0.3 is 11.9 Å². The van der Waals surface area contributed by atoms with Crippen LogP contribution in [0.1, 0.15) is 20.7 Å². The molecule has 1 aliphatic heterocycles. The maximum absolute atomic E-state index is 10.4. The maximum atomic E-state index is 10.4. The Kier molecular flexibility index (Phi) is 7.07. The second-order valence-electron chi connectivity index (χ2n) is 4.79. The lowest BCUT2D eigenvalue weighted by Crippen LogP contribution is -2.53. The number of ether oxygens (including phenoxy) is 1. The maximum Gasteiger partial charge on any atom is 0.335 e. The Morgan fingerprint density at radius 2 is 1.57 bits per heavy atom. The molecule has 128 valence electrons. The van der Waals surface area contributed by atoms with Crippen molar-refractivity contribution in [2.75, 3.05) is 13.2 Å². The fraction of sp³-hybridized carbons (Fsp3) is 0.429. The van der Waals surface area contributed by atoms with Crippen molar-refractivity contribution in [3.05, 3.63) is 35.4 Å². The number of aliphatic hydroxyl groups excluding tert-OH is 4. The number of hydrogen-bond acceptors (Lipinski definition) is 7. The Bertz CT molecular complexity index is 514. The quantitative estimate of drug-likeness (QED) is 0.388. The molecule has 0 aromatic heterocycles. The van der Waals surface area contributed by atoms with Crippen molar-refractivity contribution in [2.24, 2.45) is 0 Å². The molecule has 1 aromatic rings. The highest BCUT2D eigenvalue weighted by Crippen LogP contribution is 2.14. The molecule has 0 amide bonds. The van der Waals surface area contributed by atoms with Gasteiger partial charge < -0.3 is 35.4 Å². The van der Waals surface area contributed by atoms with Crippen LogP contribution in [0.4, 0.5) is 0 Å². The van der Waals surface area contributed by atoms with Gasteiger partial charge in [-0.3, -0.25) is 0 Å². The van der Waals surface area contributed by atoms with E-state index in [2.05, 4.69) is 0 Å². The van der Waals surface area contributed by atoms with Crippen molar-refractivity contribution in [1.29, 1.82) is 0 Å². The third kappa shape index (κ3) is 5.27. The molecule has 0 bridgehead atoms. The van der Waals surface area contributed by atoms with Gasteiger partial charge in [-0.25, -0.2) is 9.59 Å². The van der Waals surface area contributed by atoms with E-state index in [-0.39, 0.29) is 24.3 Å². The average molecular weight is 330 g/mol. The van der Waals surface area contributed by atoms with E-state index in [0.29, 0.717) is 0 Å². The molecule has 0 unspecified atom stereocenters. The normalized spacial score (nSPS) is 26.8. The molecular weight excluding hydrogens is 312 g/mol. The number of aliphatic hydroxyl groups is 4. The van der Waals surface area contributed by atoms with Crippen LogP contribution in [0.3, 0.4) is 0 Å². The van der Waals surface area contributed by atoms with Crippen LogP contribution >= 0.6 is 0 Å².